The number of amides is 1. The van der Waals surface area contributed by atoms with E-state index in [0.29, 0.717) is 23.7 Å². The summed E-state index contributed by atoms with van der Waals surface area (Å²) in [5.41, 5.74) is 0.656. The predicted octanol–water partition coefficient (Wildman–Crippen LogP) is 2.32. The molecule has 2 rings (SSSR count). The predicted molar refractivity (Wildman–Crippen MR) is 114 cm³/mol. The Morgan fingerprint density at radius 1 is 1.24 bits per heavy atom. The molecule has 0 radical (unpaired) electrons. The van der Waals surface area contributed by atoms with Gasteiger partial charge in [-0.3, -0.25) is 19.4 Å². The Morgan fingerprint density at radius 3 is 2.38 bits per heavy atom. The van der Waals surface area contributed by atoms with Crippen LogP contribution in [0.15, 0.2) is 18.2 Å². The van der Waals surface area contributed by atoms with Gasteiger partial charge in [-0.15, -0.1) is 12.4 Å². The number of anilines is 1. The molecule has 1 aliphatic rings. The molecular formula is C20H32ClN3O5. The van der Waals surface area contributed by atoms with Crippen molar-refractivity contribution in [2.45, 2.75) is 38.8 Å². The third-order valence-electron chi connectivity index (χ3n) is 5.34. The molecule has 1 amide bonds. The number of ether oxygens (including phenoxy) is 2. The van der Waals surface area contributed by atoms with Crippen LogP contribution in [0.3, 0.4) is 0 Å². The number of hydrogen-bond donors (Lipinski definition) is 2. The summed E-state index contributed by atoms with van der Waals surface area (Å²) in [6.45, 7) is 6.19. The molecule has 2 N–H and O–H groups in total. The maximum Gasteiger partial charge on any atom is 0.317 e. The van der Waals surface area contributed by atoms with E-state index in [2.05, 4.69) is 10.2 Å². The minimum absolute atomic E-state index is 0. The van der Waals surface area contributed by atoms with E-state index in [1.165, 1.54) is 0 Å². The molecule has 8 nitrogen and oxygen atoms in total. The molecule has 0 bridgehead atoms. The minimum atomic E-state index is -0.799. The molecule has 0 saturated carbocycles. The van der Waals surface area contributed by atoms with Gasteiger partial charge in [0.15, 0.2) is 11.5 Å². The van der Waals surface area contributed by atoms with E-state index < -0.39 is 5.97 Å². The van der Waals surface area contributed by atoms with E-state index in [9.17, 15) is 9.59 Å². The van der Waals surface area contributed by atoms with Gasteiger partial charge < -0.3 is 19.9 Å². The van der Waals surface area contributed by atoms with Gasteiger partial charge in [-0.05, 0) is 38.4 Å². The number of nitrogens with zero attached hydrogens (tertiary/aromatic N) is 2. The lowest BCUT2D eigenvalue weighted by Gasteiger charge is -2.39. The van der Waals surface area contributed by atoms with Crippen LogP contribution < -0.4 is 14.8 Å². The van der Waals surface area contributed by atoms with Gasteiger partial charge in [-0.2, -0.15) is 0 Å². The van der Waals surface area contributed by atoms with Gasteiger partial charge in [-0.1, -0.05) is 6.92 Å². The topological polar surface area (TPSA) is 91.3 Å². The molecule has 0 spiro atoms. The van der Waals surface area contributed by atoms with Gasteiger partial charge in [0.2, 0.25) is 5.91 Å². The smallest absolute Gasteiger partial charge is 0.317 e. The maximum absolute atomic E-state index is 12.7. The van der Waals surface area contributed by atoms with E-state index in [4.69, 9.17) is 14.6 Å². The van der Waals surface area contributed by atoms with Gasteiger partial charge in [0.05, 0.1) is 26.8 Å². The number of carboxylic acids is 1. The van der Waals surface area contributed by atoms with Crippen molar-refractivity contribution in [2.75, 3.05) is 45.7 Å². The number of hydrogen-bond acceptors (Lipinski definition) is 6. The van der Waals surface area contributed by atoms with Crippen molar-refractivity contribution < 1.29 is 24.2 Å². The third kappa shape index (κ3) is 6.76. The second-order valence-corrected chi connectivity index (χ2v) is 6.96. The number of halogens is 1. The highest BCUT2D eigenvalue weighted by Gasteiger charge is 2.29. The molecule has 1 unspecified atom stereocenters. The van der Waals surface area contributed by atoms with Crippen molar-refractivity contribution >= 4 is 30.0 Å². The highest BCUT2D eigenvalue weighted by atomic mass is 35.5. The molecule has 0 aromatic heterocycles. The number of methoxy groups -OCH3 is 2. The molecule has 1 aromatic carbocycles. The first-order valence-electron chi connectivity index (χ1n) is 9.62. The van der Waals surface area contributed by atoms with E-state index in [1.807, 2.05) is 18.7 Å². The number of carboxylic acid groups (broad SMARTS) is 1. The van der Waals surface area contributed by atoms with Crippen LogP contribution in [-0.4, -0.2) is 79.3 Å². The Bertz CT molecular complexity index is 680. The molecule has 1 atom stereocenters. The van der Waals surface area contributed by atoms with Crippen molar-refractivity contribution in [3.8, 4) is 11.5 Å². The molecule has 0 aliphatic carbocycles. The summed E-state index contributed by atoms with van der Waals surface area (Å²) in [6, 6.07) is 5.25. The molecule has 29 heavy (non-hydrogen) atoms. The van der Waals surface area contributed by atoms with Crippen LogP contribution in [-0.2, 0) is 9.59 Å². The summed E-state index contributed by atoms with van der Waals surface area (Å²) in [4.78, 5) is 27.8. The first kappa shape index (κ1) is 25.0. The first-order valence-corrected chi connectivity index (χ1v) is 9.62. The zero-order chi connectivity index (χ0) is 20.7. The Balaban J connectivity index is 0.00000420. The summed E-state index contributed by atoms with van der Waals surface area (Å²) in [7, 11) is 3.12. The van der Waals surface area contributed by atoms with Crippen LogP contribution >= 0.6 is 12.4 Å². The Morgan fingerprint density at radius 2 is 1.86 bits per heavy atom. The van der Waals surface area contributed by atoms with Gasteiger partial charge in [-0.25, -0.2) is 0 Å². The van der Waals surface area contributed by atoms with Gasteiger partial charge in [0, 0.05) is 30.9 Å². The number of rotatable bonds is 9. The lowest BCUT2D eigenvalue weighted by atomic mass is 10.0. The molecule has 1 aliphatic heterocycles. The molecule has 164 valence electrons. The van der Waals surface area contributed by atoms with Crippen molar-refractivity contribution in [1.29, 1.82) is 0 Å². The minimum Gasteiger partial charge on any atom is -0.493 e. The second-order valence-electron chi connectivity index (χ2n) is 6.96. The van der Waals surface area contributed by atoms with Crippen molar-refractivity contribution in [3.05, 3.63) is 18.2 Å². The highest BCUT2D eigenvalue weighted by Crippen LogP contribution is 2.30. The highest BCUT2D eigenvalue weighted by molar-refractivity contribution is 5.94. The maximum atomic E-state index is 12.7. The largest absolute Gasteiger partial charge is 0.493 e. The lowest BCUT2D eigenvalue weighted by molar-refractivity contribution is -0.139. The average Bonchev–Trinajstić information content (AvgIpc) is 2.71. The van der Waals surface area contributed by atoms with Crippen LogP contribution in [0.25, 0.3) is 0 Å². The van der Waals surface area contributed by atoms with E-state index >= 15 is 0 Å². The van der Waals surface area contributed by atoms with Gasteiger partial charge >= 0.3 is 5.97 Å². The van der Waals surface area contributed by atoms with E-state index in [-0.39, 0.29) is 36.9 Å². The number of piperidine rings is 1. The fraction of sp³-hybridized carbons (Fsp3) is 0.600. The normalized spacial score (nSPS) is 16.0. The number of aliphatic carboxylic acids is 1. The SMILES string of the molecule is CCN(CC(=O)O)C1CCN(C(C)C(=O)Nc2ccc(OC)c(OC)c2)CC1.Cl. The summed E-state index contributed by atoms with van der Waals surface area (Å²) < 4.78 is 10.5. The lowest BCUT2D eigenvalue weighted by Crippen LogP contribution is -2.51. The van der Waals surface area contributed by atoms with Crippen LogP contribution in [0.5, 0.6) is 11.5 Å². The number of likely N-dealkylation sites (tertiary alicyclic amines) is 1. The fourth-order valence-electron chi connectivity index (χ4n) is 3.64. The molecule has 1 heterocycles. The van der Waals surface area contributed by atoms with Crippen LogP contribution in [0.1, 0.15) is 26.7 Å². The summed E-state index contributed by atoms with van der Waals surface area (Å²) >= 11 is 0. The summed E-state index contributed by atoms with van der Waals surface area (Å²) in [5.74, 6) is 0.291. The number of carbonyl (C=O) groups is 2. The molecule has 1 fully saturated rings. The molecule has 9 heteroatoms. The third-order valence-corrected chi connectivity index (χ3v) is 5.34. The Labute approximate surface area is 178 Å². The molecule has 1 aromatic rings. The van der Waals surface area contributed by atoms with Crippen LogP contribution in [0.4, 0.5) is 5.69 Å². The summed E-state index contributed by atoms with van der Waals surface area (Å²) in [6.07, 6.45) is 1.71. The zero-order valence-electron chi connectivity index (χ0n) is 17.5. The van der Waals surface area contributed by atoms with Crippen molar-refractivity contribution in [1.82, 2.24) is 9.80 Å². The van der Waals surface area contributed by atoms with Crippen molar-refractivity contribution in [3.63, 3.8) is 0 Å². The fourth-order valence-corrected chi connectivity index (χ4v) is 3.64. The Hall–Kier alpha value is -2.03. The summed E-state index contributed by atoms with van der Waals surface area (Å²) in [5, 5.41) is 12.0. The quantitative estimate of drug-likeness (QED) is 0.622. The zero-order valence-corrected chi connectivity index (χ0v) is 18.3. The number of benzene rings is 1. The average molecular weight is 430 g/mol. The van der Waals surface area contributed by atoms with E-state index in [0.717, 1.165) is 25.9 Å². The van der Waals surface area contributed by atoms with E-state index in [1.54, 1.807) is 32.4 Å². The number of nitrogens with one attached hydrogen (secondary N) is 1. The van der Waals surface area contributed by atoms with Crippen LogP contribution in [0.2, 0.25) is 0 Å². The van der Waals surface area contributed by atoms with Crippen molar-refractivity contribution in [2.24, 2.45) is 0 Å². The second kappa shape index (κ2) is 11.8. The first-order chi connectivity index (χ1) is 13.4. The van der Waals surface area contributed by atoms with Crippen LogP contribution in [0, 0.1) is 0 Å². The molecular weight excluding hydrogens is 398 g/mol. The number of likely N-dealkylation sites (N-methyl/N-ethyl adjacent to an activating group) is 1. The molecule has 1 saturated heterocycles. The Kier molecular flexibility index (Phi) is 10.2. The van der Waals surface area contributed by atoms with Gasteiger partial charge in [0.1, 0.15) is 0 Å². The monoisotopic (exact) mass is 429 g/mol. The van der Waals surface area contributed by atoms with Gasteiger partial charge in [0.25, 0.3) is 0 Å². The standard InChI is InChI=1S/C20H31N3O5.ClH/c1-5-22(13-19(24)25)16-8-10-23(11-9-16)14(2)20(26)21-15-6-7-17(27-3)18(12-15)28-4;/h6-7,12,14,16H,5,8-11,13H2,1-4H3,(H,21,26)(H,24,25);1H. The number of carbonyl (C=O) groups excluding carboxylic acids is 1.